The van der Waals surface area contributed by atoms with Crippen molar-refractivity contribution in [3.8, 4) is 0 Å². The topological polar surface area (TPSA) is 0 Å². The molecule has 0 bridgehead atoms. The van der Waals surface area contributed by atoms with E-state index in [4.69, 9.17) is 37.7 Å². The quantitative estimate of drug-likeness (QED) is 0.539. The number of hydrogen-bond acceptors (Lipinski definition) is 0. The molecule has 0 fully saturated rings. The summed E-state index contributed by atoms with van der Waals surface area (Å²) in [4.78, 5) is 0. The summed E-state index contributed by atoms with van der Waals surface area (Å²) < 4.78 is 0.694. The minimum absolute atomic E-state index is 0.113. The summed E-state index contributed by atoms with van der Waals surface area (Å²) in [6, 6.07) is 0. The van der Waals surface area contributed by atoms with Crippen LogP contribution in [0.3, 0.4) is 0 Å². The molecular formula is C8H12Cl4W. The van der Waals surface area contributed by atoms with Gasteiger partial charge < -0.3 is 0 Å². The van der Waals surface area contributed by atoms with Crippen molar-refractivity contribution in [1.82, 2.24) is 0 Å². The van der Waals surface area contributed by atoms with Gasteiger partial charge in [0, 0.05) is 0 Å². The summed E-state index contributed by atoms with van der Waals surface area (Å²) in [6.07, 6.45) is 6.37. The van der Waals surface area contributed by atoms with Crippen molar-refractivity contribution in [3.05, 3.63) is 22.2 Å². The first-order valence-corrected chi connectivity index (χ1v) is 21.6. The van der Waals surface area contributed by atoms with Gasteiger partial charge in [-0.3, -0.25) is 0 Å². The minimum atomic E-state index is -5.09. The Kier molecular flexibility index (Phi) is 2.79. The average molecular weight is 434 g/mol. The molecule has 0 unspecified atom stereocenters. The molecule has 0 N–H and O–H groups in total. The Bertz CT molecular complexity index is 293. The van der Waals surface area contributed by atoms with Gasteiger partial charge in [-0.15, -0.1) is 0 Å². The molecule has 0 radical (unpaired) electrons. The van der Waals surface area contributed by atoms with Gasteiger partial charge in [-0.1, -0.05) is 0 Å². The zero-order valence-electron chi connectivity index (χ0n) is 7.44. The van der Waals surface area contributed by atoms with E-state index in [2.05, 4.69) is 0 Å². The number of rotatable bonds is 2. The van der Waals surface area contributed by atoms with Crippen molar-refractivity contribution < 1.29 is 9.39 Å². The molecule has 5 heteroatoms. The van der Waals surface area contributed by atoms with Crippen LogP contribution in [0.5, 0.6) is 0 Å². The SMILES string of the molecule is C[CH](C)[W]([Cl])([Cl])([Cl])([Cl])[C]1=CC=CC1. The molecule has 1 aliphatic rings. The molecule has 78 valence electrons. The molecule has 13 heavy (non-hydrogen) atoms. The molecule has 0 saturated carbocycles. The third-order valence-corrected chi connectivity index (χ3v) is 32.2. The number of allylic oxidation sites excluding steroid dienone is 4. The van der Waals surface area contributed by atoms with E-state index in [0.29, 0.717) is 6.42 Å². The van der Waals surface area contributed by atoms with Crippen LogP contribution in [0, 0.1) is 0 Å². The molecular weight excluding hydrogens is 422 g/mol. The second-order valence-electron chi connectivity index (χ2n) is 3.45. The first-order chi connectivity index (χ1) is 5.58. The molecule has 0 atom stereocenters. The van der Waals surface area contributed by atoms with E-state index in [1.807, 2.05) is 32.1 Å². The Balaban J connectivity index is 3.24. The fraction of sp³-hybridized carbons (Fsp3) is 0.500. The Hall–Kier alpha value is 1.33. The van der Waals surface area contributed by atoms with Crippen LogP contribution < -0.4 is 0 Å². The second-order valence-corrected chi connectivity index (χ2v) is 50.7. The number of halogens is 4. The van der Waals surface area contributed by atoms with Crippen LogP contribution >= 0.6 is 37.7 Å². The predicted octanol–water partition coefficient (Wildman–Crippen LogP) is 5.50. The predicted molar refractivity (Wildman–Crippen MR) is 60.4 cm³/mol. The van der Waals surface area contributed by atoms with Crippen LogP contribution in [0.1, 0.15) is 20.3 Å². The standard InChI is InChI=1S/C5H5.C3H7.4ClH.W/c1-2-4-5-3-1;1-3-2;;;;;/h1-3H,4H2;3H,1-2H3;4*1H;/q;;;;;;+4/p-4. The summed E-state index contributed by atoms with van der Waals surface area (Å²) in [5.41, 5.74) is 0. The Morgan fingerprint density at radius 3 is 2.08 bits per heavy atom. The van der Waals surface area contributed by atoms with Crippen molar-refractivity contribution in [3.63, 3.8) is 0 Å². The molecule has 0 heterocycles. The van der Waals surface area contributed by atoms with Crippen LogP contribution in [0.2, 0.25) is 4.31 Å². The van der Waals surface area contributed by atoms with Gasteiger partial charge in [-0.05, 0) is 0 Å². The van der Waals surface area contributed by atoms with Gasteiger partial charge in [0.25, 0.3) is 0 Å². The maximum atomic E-state index is 6.38. The van der Waals surface area contributed by atoms with E-state index in [9.17, 15) is 0 Å². The maximum absolute atomic E-state index is 6.38. The Labute approximate surface area is 93.1 Å². The van der Waals surface area contributed by atoms with Crippen molar-refractivity contribution in [2.75, 3.05) is 0 Å². The van der Waals surface area contributed by atoms with Crippen LogP contribution in [-0.4, -0.2) is 0 Å². The van der Waals surface area contributed by atoms with Gasteiger partial charge in [0.15, 0.2) is 0 Å². The molecule has 0 nitrogen and oxygen atoms in total. The summed E-state index contributed by atoms with van der Waals surface area (Å²) in [5, 5.41) is 0. The monoisotopic (exact) mass is 432 g/mol. The van der Waals surface area contributed by atoms with Gasteiger partial charge in [0.05, 0.1) is 0 Å². The molecule has 0 aliphatic heterocycles. The van der Waals surface area contributed by atoms with Crippen LogP contribution in [0.25, 0.3) is 0 Å². The normalized spacial score (nSPS) is 22.8. The summed E-state index contributed by atoms with van der Waals surface area (Å²) >= 11 is 0. The van der Waals surface area contributed by atoms with Crippen molar-refractivity contribution >= 4 is 37.7 Å². The van der Waals surface area contributed by atoms with E-state index in [1.165, 1.54) is 0 Å². The zero-order valence-corrected chi connectivity index (χ0v) is 13.4. The Morgan fingerprint density at radius 1 is 1.23 bits per heavy atom. The van der Waals surface area contributed by atoms with Crippen molar-refractivity contribution in [1.29, 1.82) is 0 Å². The summed E-state index contributed by atoms with van der Waals surface area (Å²) in [5.74, 6) is 0. The van der Waals surface area contributed by atoms with Crippen LogP contribution in [0.4, 0.5) is 0 Å². The van der Waals surface area contributed by atoms with Gasteiger partial charge in [0.2, 0.25) is 0 Å². The fourth-order valence-electron chi connectivity index (χ4n) is 1.05. The van der Waals surface area contributed by atoms with Crippen molar-refractivity contribution in [2.45, 2.75) is 24.6 Å². The third-order valence-electron chi connectivity index (χ3n) is 2.23. The van der Waals surface area contributed by atoms with E-state index in [1.54, 1.807) is 0 Å². The van der Waals surface area contributed by atoms with E-state index >= 15 is 0 Å². The molecule has 0 aromatic rings. The van der Waals surface area contributed by atoms with Crippen LogP contribution in [0.15, 0.2) is 22.2 Å². The molecule has 0 amide bonds. The van der Waals surface area contributed by atoms with E-state index < -0.39 is 9.39 Å². The average Bonchev–Trinajstić information content (AvgIpc) is 2.34. The van der Waals surface area contributed by atoms with Gasteiger partial charge in [0.1, 0.15) is 0 Å². The number of hydrogen-bond donors (Lipinski definition) is 0. The van der Waals surface area contributed by atoms with Crippen LogP contribution in [-0.2, 0) is 9.39 Å². The van der Waals surface area contributed by atoms with Gasteiger partial charge in [-0.25, -0.2) is 0 Å². The van der Waals surface area contributed by atoms with Crippen molar-refractivity contribution in [2.24, 2.45) is 0 Å². The Morgan fingerprint density at radius 2 is 1.77 bits per heavy atom. The van der Waals surface area contributed by atoms with Gasteiger partial charge >= 0.3 is 93.8 Å². The molecule has 0 aromatic carbocycles. The molecule has 0 spiro atoms. The summed E-state index contributed by atoms with van der Waals surface area (Å²) in [7, 11) is 20.4. The molecule has 1 rings (SSSR count). The molecule has 0 aromatic heterocycles. The first-order valence-electron chi connectivity index (χ1n) is 3.93. The summed E-state index contributed by atoms with van der Waals surface area (Å²) in [6.45, 7) is 3.74. The third kappa shape index (κ3) is 2.13. The molecule has 1 aliphatic carbocycles. The fourth-order valence-corrected chi connectivity index (χ4v) is 9.87. The second kappa shape index (κ2) is 2.92. The first kappa shape index (κ1) is 12.4. The van der Waals surface area contributed by atoms with E-state index in [0.717, 1.165) is 3.96 Å². The van der Waals surface area contributed by atoms with E-state index in [-0.39, 0.29) is 4.31 Å². The molecule has 0 saturated heterocycles. The van der Waals surface area contributed by atoms with Gasteiger partial charge in [-0.2, -0.15) is 0 Å². The zero-order chi connectivity index (χ0) is 10.4.